The maximum Gasteiger partial charge on any atom is 0.221 e. The van der Waals surface area contributed by atoms with Gasteiger partial charge in [-0.15, -0.1) is 6.58 Å². The highest BCUT2D eigenvalue weighted by Gasteiger charge is 2.36. The summed E-state index contributed by atoms with van der Waals surface area (Å²) in [6, 6.07) is 1.01. The largest absolute Gasteiger partial charge is 0.354 e. The van der Waals surface area contributed by atoms with Gasteiger partial charge in [0.05, 0.1) is 0 Å². The molecule has 3 nitrogen and oxygen atoms in total. The van der Waals surface area contributed by atoms with Crippen LogP contribution >= 0.6 is 0 Å². The van der Waals surface area contributed by atoms with Gasteiger partial charge in [0.15, 0.2) is 0 Å². The van der Waals surface area contributed by atoms with Gasteiger partial charge in [-0.05, 0) is 12.8 Å². The van der Waals surface area contributed by atoms with Crippen LogP contribution in [0.3, 0.4) is 0 Å². The highest BCUT2D eigenvalue weighted by molar-refractivity contribution is 5.77. The topological polar surface area (TPSA) is 32.3 Å². The first-order valence-electron chi connectivity index (χ1n) is 4.94. The van der Waals surface area contributed by atoms with Crippen LogP contribution in [0, 0.1) is 0 Å². The Balaban J connectivity index is 2.09. The molecule has 0 aliphatic carbocycles. The van der Waals surface area contributed by atoms with Crippen LogP contribution in [0.25, 0.3) is 0 Å². The van der Waals surface area contributed by atoms with Crippen molar-refractivity contribution in [2.24, 2.45) is 0 Å². The van der Waals surface area contributed by atoms with E-state index in [0.29, 0.717) is 18.5 Å². The van der Waals surface area contributed by atoms with Gasteiger partial charge in [-0.2, -0.15) is 0 Å². The maximum absolute atomic E-state index is 11.3. The third-order valence-corrected chi connectivity index (χ3v) is 3.07. The van der Waals surface area contributed by atoms with E-state index >= 15 is 0 Å². The van der Waals surface area contributed by atoms with Gasteiger partial charge in [-0.25, -0.2) is 0 Å². The van der Waals surface area contributed by atoms with Crippen molar-refractivity contribution in [3.8, 4) is 0 Å². The molecule has 3 heteroatoms. The van der Waals surface area contributed by atoms with Crippen LogP contribution in [0.1, 0.15) is 19.3 Å². The molecule has 2 heterocycles. The summed E-state index contributed by atoms with van der Waals surface area (Å²) in [5.74, 6) is 0.210. The van der Waals surface area contributed by atoms with Gasteiger partial charge in [0.1, 0.15) is 0 Å². The predicted octanol–water partition coefficient (Wildman–Crippen LogP) is 0.525. The average molecular weight is 180 g/mol. The molecular weight excluding hydrogens is 164 g/mol. The van der Waals surface area contributed by atoms with Crippen LogP contribution in [0.4, 0.5) is 0 Å². The van der Waals surface area contributed by atoms with Gasteiger partial charge in [0.25, 0.3) is 0 Å². The highest BCUT2D eigenvalue weighted by atomic mass is 16.1. The molecule has 2 bridgehead atoms. The monoisotopic (exact) mass is 180 g/mol. The summed E-state index contributed by atoms with van der Waals surface area (Å²) >= 11 is 0. The summed E-state index contributed by atoms with van der Waals surface area (Å²) in [5.41, 5.74) is 0. The standard InChI is InChI=1S/C10H16N2O/c1-2-5-12-8-3-4-9(12)7-11-10(13)6-8/h2,8-9H,1,3-7H2,(H,11,13). The zero-order valence-electron chi connectivity index (χ0n) is 7.83. The molecular formula is C10H16N2O. The molecule has 0 spiro atoms. The number of fused-ring (bicyclic) bond motifs is 2. The molecule has 13 heavy (non-hydrogen) atoms. The van der Waals surface area contributed by atoms with E-state index in [1.807, 2.05) is 6.08 Å². The lowest BCUT2D eigenvalue weighted by molar-refractivity contribution is -0.121. The molecule has 2 aliphatic rings. The summed E-state index contributed by atoms with van der Waals surface area (Å²) in [6.45, 7) is 5.50. The number of hydrogen-bond acceptors (Lipinski definition) is 2. The Morgan fingerprint density at radius 3 is 3.08 bits per heavy atom. The SMILES string of the molecule is C=CCN1C2CCC1CC(=O)NC2. The number of nitrogens with zero attached hydrogens (tertiary/aromatic N) is 1. The lowest BCUT2D eigenvalue weighted by atomic mass is 10.1. The number of rotatable bonds is 2. The molecule has 1 amide bonds. The first kappa shape index (κ1) is 8.75. The summed E-state index contributed by atoms with van der Waals surface area (Å²) in [7, 11) is 0. The zero-order valence-corrected chi connectivity index (χ0v) is 7.83. The minimum Gasteiger partial charge on any atom is -0.354 e. The van der Waals surface area contributed by atoms with Crippen LogP contribution in [0.2, 0.25) is 0 Å². The molecule has 2 rings (SSSR count). The molecule has 0 aromatic carbocycles. The minimum absolute atomic E-state index is 0.210. The quantitative estimate of drug-likeness (QED) is 0.628. The van der Waals surface area contributed by atoms with E-state index in [9.17, 15) is 4.79 Å². The molecule has 2 aliphatic heterocycles. The van der Waals surface area contributed by atoms with Crippen molar-refractivity contribution in [1.82, 2.24) is 10.2 Å². The van der Waals surface area contributed by atoms with Gasteiger partial charge in [-0.1, -0.05) is 6.08 Å². The highest BCUT2D eigenvalue weighted by Crippen LogP contribution is 2.27. The van der Waals surface area contributed by atoms with E-state index in [1.165, 1.54) is 12.8 Å². The second-order valence-corrected chi connectivity index (χ2v) is 3.88. The summed E-state index contributed by atoms with van der Waals surface area (Å²) in [6.07, 6.45) is 5.00. The van der Waals surface area contributed by atoms with E-state index in [2.05, 4.69) is 16.8 Å². The van der Waals surface area contributed by atoms with Gasteiger partial charge in [-0.3, -0.25) is 9.69 Å². The first-order valence-corrected chi connectivity index (χ1v) is 4.94. The third-order valence-electron chi connectivity index (χ3n) is 3.07. The van der Waals surface area contributed by atoms with E-state index in [-0.39, 0.29) is 5.91 Å². The van der Waals surface area contributed by atoms with Crippen LogP contribution < -0.4 is 5.32 Å². The Kier molecular flexibility index (Phi) is 2.36. The molecule has 0 radical (unpaired) electrons. The average Bonchev–Trinajstić information content (AvgIpc) is 2.37. The first-order chi connectivity index (χ1) is 6.31. The van der Waals surface area contributed by atoms with Crippen molar-refractivity contribution in [3.63, 3.8) is 0 Å². The molecule has 0 saturated carbocycles. The molecule has 0 aromatic heterocycles. The van der Waals surface area contributed by atoms with E-state index in [4.69, 9.17) is 0 Å². The van der Waals surface area contributed by atoms with Crippen LogP contribution in [-0.2, 0) is 4.79 Å². The van der Waals surface area contributed by atoms with Gasteiger partial charge in [0, 0.05) is 31.6 Å². The van der Waals surface area contributed by atoms with E-state index in [1.54, 1.807) is 0 Å². The van der Waals surface area contributed by atoms with Gasteiger partial charge < -0.3 is 5.32 Å². The smallest absolute Gasteiger partial charge is 0.221 e. The molecule has 72 valence electrons. The Morgan fingerprint density at radius 1 is 1.54 bits per heavy atom. The van der Waals surface area contributed by atoms with Crippen molar-refractivity contribution in [2.45, 2.75) is 31.3 Å². The fraction of sp³-hybridized carbons (Fsp3) is 0.700. The summed E-state index contributed by atoms with van der Waals surface area (Å²) in [4.78, 5) is 13.7. The summed E-state index contributed by atoms with van der Waals surface area (Å²) < 4.78 is 0. The number of hydrogen-bond donors (Lipinski definition) is 1. The minimum atomic E-state index is 0.210. The van der Waals surface area contributed by atoms with Crippen molar-refractivity contribution < 1.29 is 4.79 Å². The number of carbonyl (C=O) groups is 1. The lowest BCUT2D eigenvalue weighted by Gasteiger charge is -2.25. The van der Waals surface area contributed by atoms with Crippen LogP contribution in [0.5, 0.6) is 0 Å². The number of carbonyl (C=O) groups excluding carboxylic acids is 1. The number of amides is 1. The number of nitrogens with one attached hydrogen (secondary N) is 1. The maximum atomic E-state index is 11.3. The van der Waals surface area contributed by atoms with Crippen LogP contribution in [-0.4, -0.2) is 36.0 Å². The fourth-order valence-electron chi connectivity index (χ4n) is 2.42. The van der Waals surface area contributed by atoms with Gasteiger partial charge >= 0.3 is 0 Å². The third kappa shape index (κ3) is 1.61. The molecule has 2 atom stereocenters. The van der Waals surface area contributed by atoms with Crippen molar-refractivity contribution in [3.05, 3.63) is 12.7 Å². The van der Waals surface area contributed by atoms with Crippen molar-refractivity contribution >= 4 is 5.91 Å². The Labute approximate surface area is 78.8 Å². The molecule has 2 unspecified atom stereocenters. The lowest BCUT2D eigenvalue weighted by Crippen LogP contribution is -2.38. The Bertz CT molecular complexity index is 227. The molecule has 2 fully saturated rings. The molecule has 1 N–H and O–H groups in total. The van der Waals surface area contributed by atoms with Crippen LogP contribution in [0.15, 0.2) is 12.7 Å². The predicted molar refractivity (Wildman–Crippen MR) is 51.3 cm³/mol. The fourth-order valence-corrected chi connectivity index (χ4v) is 2.42. The zero-order chi connectivity index (χ0) is 9.26. The molecule has 2 saturated heterocycles. The molecule has 0 aromatic rings. The van der Waals surface area contributed by atoms with E-state index in [0.717, 1.165) is 13.1 Å². The Morgan fingerprint density at radius 2 is 2.31 bits per heavy atom. The Hall–Kier alpha value is -0.830. The second-order valence-electron chi connectivity index (χ2n) is 3.88. The van der Waals surface area contributed by atoms with Crippen molar-refractivity contribution in [1.29, 1.82) is 0 Å². The van der Waals surface area contributed by atoms with E-state index < -0.39 is 0 Å². The van der Waals surface area contributed by atoms with Gasteiger partial charge in [0.2, 0.25) is 5.91 Å². The van der Waals surface area contributed by atoms with Crippen molar-refractivity contribution in [2.75, 3.05) is 13.1 Å². The normalized spacial score (nSPS) is 34.0. The second kappa shape index (κ2) is 3.50. The summed E-state index contributed by atoms with van der Waals surface area (Å²) in [5, 5.41) is 2.95.